The van der Waals surface area contributed by atoms with Gasteiger partial charge in [-0.05, 0) is 41.5 Å². The van der Waals surface area contributed by atoms with Gasteiger partial charge in [0.2, 0.25) is 11.8 Å². The second kappa shape index (κ2) is 8.15. The van der Waals surface area contributed by atoms with Gasteiger partial charge in [0.05, 0.1) is 11.4 Å². The molecule has 2 aliphatic heterocycles. The van der Waals surface area contributed by atoms with Gasteiger partial charge < -0.3 is 0 Å². The number of amides is 2. The first kappa shape index (κ1) is 23.2. The van der Waals surface area contributed by atoms with E-state index in [0.29, 0.717) is 0 Å². The lowest BCUT2D eigenvalue weighted by molar-refractivity contribution is -0.119. The third kappa shape index (κ3) is 2.74. The average molecular weight is 602 g/mol. The predicted molar refractivity (Wildman–Crippen MR) is 149 cm³/mol. The Labute approximate surface area is 226 Å². The number of hydrogen-bond acceptors (Lipinski definition) is 2. The van der Waals surface area contributed by atoms with Crippen molar-refractivity contribution in [1.82, 2.24) is 0 Å². The van der Waals surface area contributed by atoms with Gasteiger partial charge in [-0.1, -0.05) is 98.6 Å². The summed E-state index contributed by atoms with van der Waals surface area (Å²) in [5.41, 5.74) is 3.15. The van der Waals surface area contributed by atoms with Crippen LogP contribution < -0.4 is 9.80 Å². The lowest BCUT2D eigenvalue weighted by atomic mass is 9.65. The molecule has 0 aliphatic carbocycles. The third-order valence-corrected chi connectivity index (χ3v) is 8.37. The summed E-state index contributed by atoms with van der Waals surface area (Å²) in [5.74, 6) is -0.202. The molecule has 0 aromatic heterocycles. The van der Waals surface area contributed by atoms with Crippen molar-refractivity contribution in [1.29, 1.82) is 0 Å². The molecule has 6 heteroatoms. The van der Waals surface area contributed by atoms with E-state index >= 15 is 0 Å². The molecule has 0 spiro atoms. The van der Waals surface area contributed by atoms with Gasteiger partial charge >= 0.3 is 0 Å². The van der Waals surface area contributed by atoms with E-state index in [9.17, 15) is 9.59 Å². The van der Waals surface area contributed by atoms with Crippen LogP contribution in [0.3, 0.4) is 0 Å². The van der Waals surface area contributed by atoms with Crippen molar-refractivity contribution in [3.05, 3.63) is 128 Å². The summed E-state index contributed by atoms with van der Waals surface area (Å²) >= 11 is 7.31. The number of carbonyl (C=O) groups is 2. The van der Waals surface area contributed by atoms with E-state index < -0.39 is 11.1 Å². The van der Waals surface area contributed by atoms with Crippen LogP contribution in [0.2, 0.25) is 0 Å². The second-order valence-electron chi connectivity index (χ2n) is 9.18. The Kier molecular flexibility index (Phi) is 5.25. The fraction of sp³-hybridized carbons (Fsp3) is 0.133. The monoisotopic (exact) mass is 600 g/mol. The van der Waals surface area contributed by atoms with Crippen molar-refractivity contribution in [3.8, 4) is 0 Å². The van der Waals surface area contributed by atoms with Crippen LogP contribution in [0.15, 0.2) is 106 Å². The van der Waals surface area contributed by atoms with Gasteiger partial charge in [0.1, 0.15) is 11.1 Å². The molecule has 0 saturated heterocycles. The number of rotatable bonds is 2. The molecule has 2 amide bonds. The second-order valence-corrected chi connectivity index (χ2v) is 11.0. The number of hydrogen-bond donors (Lipinski definition) is 0. The minimum absolute atomic E-state index is 0.0977. The van der Waals surface area contributed by atoms with Crippen LogP contribution in [0, 0.1) is 0 Å². The SMILES string of the molecule is CC(=O)N1c2cc(Br)ccc2[C@]2(c3ccccc3)N(C(C)=O)c3ccc(Br)cc3[C@@]12c1ccccc1. The molecule has 0 unspecified atom stereocenters. The van der Waals surface area contributed by atoms with Crippen LogP contribution in [-0.2, 0) is 20.7 Å². The minimum atomic E-state index is -1.05. The number of carbonyl (C=O) groups excluding carboxylic acids is 2. The number of anilines is 2. The highest BCUT2D eigenvalue weighted by Gasteiger charge is 2.73. The van der Waals surface area contributed by atoms with Crippen LogP contribution in [-0.4, -0.2) is 11.8 Å². The van der Waals surface area contributed by atoms with Crippen LogP contribution >= 0.6 is 31.9 Å². The average Bonchev–Trinajstić information content (AvgIpc) is 3.28. The van der Waals surface area contributed by atoms with E-state index in [4.69, 9.17) is 0 Å². The fourth-order valence-corrected chi connectivity index (χ4v) is 7.17. The largest absolute Gasteiger partial charge is 0.295 e. The number of nitrogens with zero attached hydrogens (tertiary/aromatic N) is 2. The van der Waals surface area contributed by atoms with Crippen molar-refractivity contribution in [2.24, 2.45) is 0 Å². The lowest BCUT2D eigenvalue weighted by Gasteiger charge is -2.49. The molecule has 0 bridgehead atoms. The number of fused-ring (bicyclic) bond motifs is 5. The molecule has 0 N–H and O–H groups in total. The molecule has 0 saturated carbocycles. The molecule has 0 fully saturated rings. The highest BCUT2D eigenvalue weighted by molar-refractivity contribution is 9.10. The quantitative estimate of drug-likeness (QED) is 0.245. The van der Waals surface area contributed by atoms with Gasteiger partial charge in [-0.2, -0.15) is 0 Å². The number of halogens is 2. The van der Waals surface area contributed by atoms with E-state index in [2.05, 4.69) is 62.2 Å². The van der Waals surface area contributed by atoms with E-state index in [1.165, 1.54) is 0 Å². The topological polar surface area (TPSA) is 40.6 Å². The van der Waals surface area contributed by atoms with Gasteiger partial charge in [-0.3, -0.25) is 19.4 Å². The summed E-state index contributed by atoms with van der Waals surface area (Å²) < 4.78 is 1.74. The first-order valence-corrected chi connectivity index (χ1v) is 13.3. The van der Waals surface area contributed by atoms with Crippen molar-refractivity contribution >= 4 is 55.0 Å². The Morgan fingerprint density at radius 2 is 1.06 bits per heavy atom. The van der Waals surface area contributed by atoms with Crippen molar-refractivity contribution in [3.63, 3.8) is 0 Å². The zero-order chi connectivity index (χ0) is 25.2. The minimum Gasteiger partial charge on any atom is -0.295 e. The van der Waals surface area contributed by atoms with Crippen LogP contribution in [0.25, 0.3) is 0 Å². The Hall–Kier alpha value is -3.22. The zero-order valence-corrected chi connectivity index (χ0v) is 22.9. The predicted octanol–water partition coefficient (Wildman–Crippen LogP) is 7.13. The fourth-order valence-electron chi connectivity index (χ4n) is 6.46. The van der Waals surface area contributed by atoms with Crippen molar-refractivity contribution in [2.45, 2.75) is 24.9 Å². The molecular formula is C30H22Br2N2O2. The highest BCUT2D eigenvalue weighted by Crippen LogP contribution is 2.70. The molecule has 2 aliphatic rings. The maximum absolute atomic E-state index is 13.8. The first-order valence-electron chi connectivity index (χ1n) is 11.7. The highest BCUT2D eigenvalue weighted by atomic mass is 79.9. The summed E-state index contributed by atoms with van der Waals surface area (Å²) in [6, 6.07) is 32.2. The molecule has 2 heterocycles. The molecule has 4 aromatic carbocycles. The normalized spacial score (nSPS) is 21.7. The van der Waals surface area contributed by atoms with E-state index in [0.717, 1.165) is 42.6 Å². The Morgan fingerprint density at radius 3 is 1.61 bits per heavy atom. The van der Waals surface area contributed by atoms with Crippen LogP contribution in [0.1, 0.15) is 36.1 Å². The number of benzene rings is 4. The molecule has 178 valence electrons. The molecule has 2 atom stereocenters. The molecule has 36 heavy (non-hydrogen) atoms. The summed E-state index contributed by atoms with van der Waals surface area (Å²) in [6.07, 6.45) is 0. The summed E-state index contributed by atoms with van der Waals surface area (Å²) in [4.78, 5) is 31.3. The molecule has 0 radical (unpaired) electrons. The molecular weight excluding hydrogens is 580 g/mol. The standard InChI is InChI=1S/C30H22Br2N2O2/c1-19(35)33-27-16-14-23(31)17-26(27)30(22-11-7-4-8-12-22)29(33,21-9-5-3-6-10-21)25-15-13-24(32)18-28(25)34(30)20(2)36/h3-18H,1-2H3/t29-,30+/m0/s1. The Balaban J connectivity index is 1.93. The van der Waals surface area contributed by atoms with Gasteiger partial charge in [0.15, 0.2) is 0 Å². The molecule has 4 nitrogen and oxygen atoms in total. The maximum Gasteiger partial charge on any atom is 0.225 e. The Morgan fingerprint density at radius 1 is 0.583 bits per heavy atom. The smallest absolute Gasteiger partial charge is 0.225 e. The van der Waals surface area contributed by atoms with Gasteiger partial charge in [-0.15, -0.1) is 0 Å². The zero-order valence-electron chi connectivity index (χ0n) is 19.7. The Bertz CT molecular complexity index is 1540. The summed E-state index contributed by atoms with van der Waals surface area (Å²) in [7, 11) is 0. The van der Waals surface area contributed by atoms with E-state index in [1.54, 1.807) is 13.8 Å². The third-order valence-electron chi connectivity index (χ3n) is 7.39. The maximum atomic E-state index is 13.8. The van der Waals surface area contributed by atoms with Gasteiger partial charge in [-0.25, -0.2) is 0 Å². The lowest BCUT2D eigenvalue weighted by Crippen LogP contribution is -2.62. The van der Waals surface area contributed by atoms with Crippen LogP contribution in [0.5, 0.6) is 0 Å². The molecule has 6 rings (SSSR count). The summed E-state index contributed by atoms with van der Waals surface area (Å²) in [6.45, 7) is 3.21. The summed E-state index contributed by atoms with van der Waals surface area (Å²) in [5, 5.41) is 0. The van der Waals surface area contributed by atoms with Crippen molar-refractivity contribution in [2.75, 3.05) is 9.80 Å². The first-order chi connectivity index (χ1) is 17.3. The van der Waals surface area contributed by atoms with Crippen molar-refractivity contribution < 1.29 is 9.59 Å². The van der Waals surface area contributed by atoms with Gasteiger partial charge in [0.25, 0.3) is 0 Å². The van der Waals surface area contributed by atoms with E-state index in [1.807, 2.05) is 76.5 Å². The van der Waals surface area contributed by atoms with Crippen LogP contribution in [0.4, 0.5) is 11.4 Å². The molecule has 4 aromatic rings. The van der Waals surface area contributed by atoms with Gasteiger partial charge in [0, 0.05) is 33.9 Å². The van der Waals surface area contributed by atoms with E-state index in [-0.39, 0.29) is 11.8 Å².